The van der Waals surface area contributed by atoms with Crippen LogP contribution in [0.5, 0.6) is 40.2 Å². The maximum absolute atomic E-state index is 11.8. The molecular weight excluding hydrogens is 596 g/mol. The smallest absolute Gasteiger partial charge is 0.285 e. The van der Waals surface area contributed by atoms with E-state index >= 15 is 0 Å². The molecule has 1 aromatic heterocycles. The normalized spacial score (nSPS) is 24.5. The molecule has 1 aliphatic carbocycles. The predicted octanol–water partition coefficient (Wildman–Crippen LogP) is 8.58. The molecule has 0 amide bonds. The standard InChI is InChI=1S/C39H32O8/c1-19-12-26-24-7-6-23(41)18-33(24)45-39(28-8-9-29(42)25-10-11-38(2,3)47-37(25)28)36(26)27(13-19)35-30(43)14-21(16-34(35)46-39)31-15-20-4-5-22(40)17-32(20)44-31/h4-11,13-18,26-27,36,40-43H,12H2,1-3H3/t26-,27-,36-,39-/m1/s1. The number of fused-ring (bicyclic) bond motifs is 6. The predicted molar refractivity (Wildman–Crippen MR) is 175 cm³/mol. The fourth-order valence-corrected chi connectivity index (χ4v) is 8.01. The Balaban J connectivity index is 1.32. The Morgan fingerprint density at radius 2 is 1.57 bits per heavy atom. The SMILES string of the molecule is CC1=C[C@@H]2c3c(O)cc(-c4cc5ccc(O)cc5o4)cc3O[C@@]3(c4ccc(O)c5c4OC(C)(C)C=C5)Oc4cc(O)ccc4[C@@H](C1)[C@H]23. The van der Waals surface area contributed by atoms with Crippen LogP contribution >= 0.6 is 0 Å². The second kappa shape index (κ2) is 9.28. The van der Waals surface area contributed by atoms with Crippen molar-refractivity contribution in [3.05, 3.63) is 107 Å². The lowest BCUT2D eigenvalue weighted by Gasteiger charge is -2.55. The maximum atomic E-state index is 11.8. The zero-order chi connectivity index (χ0) is 32.4. The number of rotatable bonds is 2. The van der Waals surface area contributed by atoms with Gasteiger partial charge >= 0.3 is 0 Å². The zero-order valence-electron chi connectivity index (χ0n) is 25.9. The summed E-state index contributed by atoms with van der Waals surface area (Å²) in [6.07, 6.45) is 6.67. The number of furan rings is 1. The van der Waals surface area contributed by atoms with Crippen LogP contribution in [0.3, 0.4) is 0 Å². The molecule has 0 saturated heterocycles. The van der Waals surface area contributed by atoms with Crippen LogP contribution in [0.25, 0.3) is 28.4 Å². The van der Waals surface area contributed by atoms with Crippen molar-refractivity contribution in [2.75, 3.05) is 0 Å². The van der Waals surface area contributed by atoms with Crippen molar-refractivity contribution in [1.82, 2.24) is 0 Å². The second-order valence-corrected chi connectivity index (χ2v) is 13.6. The molecule has 5 aromatic rings. The van der Waals surface area contributed by atoms with Crippen molar-refractivity contribution < 1.29 is 39.1 Å². The Morgan fingerprint density at radius 1 is 0.787 bits per heavy atom. The highest BCUT2D eigenvalue weighted by molar-refractivity contribution is 5.84. The number of allylic oxidation sites excluding steroid dienone is 2. The highest BCUT2D eigenvalue weighted by atomic mass is 16.7. The number of phenolic OH excluding ortho intramolecular Hbond substituents is 4. The average molecular weight is 629 g/mol. The summed E-state index contributed by atoms with van der Waals surface area (Å²) in [4.78, 5) is 0. The molecule has 8 nitrogen and oxygen atoms in total. The molecule has 0 bridgehead atoms. The lowest BCUT2D eigenvalue weighted by Crippen LogP contribution is -2.56. The van der Waals surface area contributed by atoms with Crippen molar-refractivity contribution in [1.29, 1.82) is 0 Å². The van der Waals surface area contributed by atoms with Gasteiger partial charge in [0.25, 0.3) is 5.79 Å². The van der Waals surface area contributed by atoms with Gasteiger partial charge in [0.2, 0.25) is 0 Å². The van der Waals surface area contributed by atoms with E-state index < -0.39 is 11.4 Å². The minimum Gasteiger partial charge on any atom is -0.508 e. The van der Waals surface area contributed by atoms with Gasteiger partial charge in [-0.3, -0.25) is 0 Å². The lowest BCUT2D eigenvalue weighted by molar-refractivity contribution is -0.198. The Hall–Kier alpha value is -5.50. The summed E-state index contributed by atoms with van der Waals surface area (Å²) in [6.45, 7) is 5.98. The minimum atomic E-state index is -1.48. The molecular formula is C39H32O8. The first-order valence-electron chi connectivity index (χ1n) is 15.7. The van der Waals surface area contributed by atoms with Crippen LogP contribution in [0, 0.1) is 5.92 Å². The third-order valence-electron chi connectivity index (χ3n) is 9.99. The van der Waals surface area contributed by atoms with Crippen molar-refractivity contribution in [2.45, 2.75) is 50.4 Å². The Bertz CT molecular complexity index is 2220. The minimum absolute atomic E-state index is 0.0636. The summed E-state index contributed by atoms with van der Waals surface area (Å²) in [5.41, 5.74) is 4.29. The van der Waals surface area contributed by atoms with E-state index in [1.165, 1.54) is 0 Å². The second-order valence-electron chi connectivity index (χ2n) is 13.6. The van der Waals surface area contributed by atoms with Gasteiger partial charge in [0.1, 0.15) is 57.2 Å². The number of phenols is 4. The highest BCUT2D eigenvalue weighted by Gasteiger charge is 2.62. The quantitative estimate of drug-likeness (QED) is 0.144. The first-order valence-corrected chi connectivity index (χ1v) is 15.7. The molecule has 47 heavy (non-hydrogen) atoms. The van der Waals surface area contributed by atoms with Crippen LogP contribution in [-0.4, -0.2) is 26.0 Å². The van der Waals surface area contributed by atoms with Gasteiger partial charge in [0.15, 0.2) is 0 Å². The molecule has 4 N–H and O–H groups in total. The number of benzene rings is 4. The number of aromatic hydroxyl groups is 4. The molecule has 0 unspecified atom stereocenters. The number of hydrogen-bond acceptors (Lipinski definition) is 8. The molecule has 0 saturated carbocycles. The fourth-order valence-electron chi connectivity index (χ4n) is 8.01. The molecule has 4 aromatic carbocycles. The molecule has 8 heteroatoms. The summed E-state index contributed by atoms with van der Waals surface area (Å²) in [7, 11) is 0. The number of hydrogen-bond donors (Lipinski definition) is 4. The van der Waals surface area contributed by atoms with Crippen LogP contribution in [0.2, 0.25) is 0 Å². The van der Waals surface area contributed by atoms with Gasteiger partial charge in [-0.25, -0.2) is 0 Å². The zero-order valence-corrected chi connectivity index (χ0v) is 25.9. The third kappa shape index (κ3) is 4.00. The molecule has 3 aliphatic heterocycles. The average Bonchev–Trinajstić information content (AvgIpc) is 3.43. The van der Waals surface area contributed by atoms with Gasteiger partial charge in [-0.05, 0) is 93.4 Å². The van der Waals surface area contributed by atoms with E-state index in [2.05, 4.69) is 13.0 Å². The highest BCUT2D eigenvalue weighted by Crippen LogP contribution is 2.66. The van der Waals surface area contributed by atoms with Crippen LogP contribution in [-0.2, 0) is 5.79 Å². The summed E-state index contributed by atoms with van der Waals surface area (Å²) in [6, 6.07) is 18.9. The molecule has 0 radical (unpaired) electrons. The van der Waals surface area contributed by atoms with Gasteiger partial charge in [-0.2, -0.15) is 0 Å². The van der Waals surface area contributed by atoms with Gasteiger partial charge < -0.3 is 39.1 Å². The Kier molecular flexibility index (Phi) is 5.49. The van der Waals surface area contributed by atoms with Gasteiger partial charge in [-0.1, -0.05) is 17.7 Å². The van der Waals surface area contributed by atoms with E-state index in [4.69, 9.17) is 18.6 Å². The van der Waals surface area contributed by atoms with Crippen LogP contribution in [0.1, 0.15) is 61.3 Å². The first kappa shape index (κ1) is 27.8. The van der Waals surface area contributed by atoms with Crippen molar-refractivity contribution >= 4 is 17.0 Å². The van der Waals surface area contributed by atoms with Crippen molar-refractivity contribution in [3.63, 3.8) is 0 Å². The Labute approximate surface area is 270 Å². The molecule has 4 atom stereocenters. The summed E-state index contributed by atoms with van der Waals surface area (Å²) in [5.74, 6) is -0.115. The van der Waals surface area contributed by atoms with Crippen molar-refractivity contribution in [2.24, 2.45) is 5.92 Å². The topological polar surface area (TPSA) is 122 Å². The molecule has 9 rings (SSSR count). The van der Waals surface area contributed by atoms with Crippen LogP contribution < -0.4 is 14.2 Å². The van der Waals surface area contributed by atoms with Gasteiger partial charge in [-0.15, -0.1) is 0 Å². The summed E-state index contributed by atoms with van der Waals surface area (Å²) < 4.78 is 26.8. The van der Waals surface area contributed by atoms with E-state index in [1.54, 1.807) is 48.5 Å². The lowest BCUT2D eigenvalue weighted by atomic mass is 9.61. The summed E-state index contributed by atoms with van der Waals surface area (Å²) >= 11 is 0. The Morgan fingerprint density at radius 3 is 2.43 bits per heavy atom. The van der Waals surface area contributed by atoms with E-state index in [0.29, 0.717) is 50.8 Å². The molecule has 0 fully saturated rings. The van der Waals surface area contributed by atoms with Crippen LogP contribution in [0.15, 0.2) is 88.9 Å². The van der Waals surface area contributed by atoms with Crippen LogP contribution in [0.4, 0.5) is 0 Å². The largest absolute Gasteiger partial charge is 0.508 e. The van der Waals surface area contributed by atoms with Gasteiger partial charge in [0, 0.05) is 40.5 Å². The van der Waals surface area contributed by atoms with Gasteiger partial charge in [0.05, 0.1) is 17.0 Å². The first-order chi connectivity index (χ1) is 22.5. The van der Waals surface area contributed by atoms with Crippen molar-refractivity contribution in [3.8, 4) is 51.6 Å². The molecule has 4 heterocycles. The molecule has 0 spiro atoms. The molecule has 4 aliphatic rings. The fraction of sp³-hybridized carbons (Fsp3) is 0.231. The molecule has 236 valence electrons. The van der Waals surface area contributed by atoms with E-state index in [1.807, 2.05) is 44.2 Å². The monoisotopic (exact) mass is 628 g/mol. The summed E-state index contributed by atoms with van der Waals surface area (Å²) in [5, 5.41) is 44.1. The van der Waals surface area contributed by atoms with E-state index in [9.17, 15) is 20.4 Å². The van der Waals surface area contributed by atoms with E-state index in [-0.39, 0.29) is 40.8 Å². The maximum Gasteiger partial charge on any atom is 0.285 e. The van der Waals surface area contributed by atoms with E-state index in [0.717, 1.165) is 22.9 Å². The third-order valence-corrected chi connectivity index (χ3v) is 9.99. The number of ether oxygens (including phenoxy) is 3.